The highest BCUT2D eigenvalue weighted by Gasteiger charge is 2.16. The minimum Gasteiger partial charge on any atom is -0.327 e. The molecule has 0 bridgehead atoms. The molecular formula is C14H19N3. The molecule has 2 aromatic heterocycles. The largest absolute Gasteiger partial charge is 0.327 e. The van der Waals surface area contributed by atoms with E-state index in [0.29, 0.717) is 5.92 Å². The molecule has 1 unspecified atom stereocenters. The van der Waals surface area contributed by atoms with E-state index in [9.17, 15) is 0 Å². The lowest BCUT2D eigenvalue weighted by Gasteiger charge is -2.19. The fraction of sp³-hybridized carbons (Fsp3) is 0.429. The number of aryl methyl sites for hydroxylation is 1. The number of nitrogens with zero attached hydrogens (tertiary/aromatic N) is 3. The first-order valence-corrected chi connectivity index (χ1v) is 6.04. The van der Waals surface area contributed by atoms with E-state index < -0.39 is 0 Å². The smallest absolute Gasteiger partial charge is 0.0957 e. The average molecular weight is 229 g/mol. The predicted molar refractivity (Wildman–Crippen MR) is 69.1 cm³/mol. The zero-order valence-corrected chi connectivity index (χ0v) is 10.9. The quantitative estimate of drug-likeness (QED) is 0.808. The molecule has 0 radical (unpaired) electrons. The molecule has 3 heteroatoms. The van der Waals surface area contributed by atoms with E-state index in [1.165, 1.54) is 11.3 Å². The molecule has 2 aromatic rings. The van der Waals surface area contributed by atoms with Crippen molar-refractivity contribution in [3.63, 3.8) is 0 Å². The second-order valence-corrected chi connectivity index (χ2v) is 4.74. The van der Waals surface area contributed by atoms with Crippen molar-refractivity contribution in [2.75, 3.05) is 0 Å². The van der Waals surface area contributed by atoms with E-state index in [-0.39, 0.29) is 6.04 Å². The molecular weight excluding hydrogens is 210 g/mol. The van der Waals surface area contributed by atoms with Gasteiger partial charge in [0.05, 0.1) is 18.1 Å². The van der Waals surface area contributed by atoms with Gasteiger partial charge in [-0.05, 0) is 31.4 Å². The lowest BCUT2D eigenvalue weighted by atomic mass is 10.1. The van der Waals surface area contributed by atoms with E-state index in [2.05, 4.69) is 48.3 Å². The summed E-state index contributed by atoms with van der Waals surface area (Å²) in [4.78, 5) is 8.61. The first-order chi connectivity index (χ1) is 8.11. The number of pyridine rings is 1. The van der Waals surface area contributed by atoms with E-state index in [1.807, 2.05) is 18.6 Å². The van der Waals surface area contributed by atoms with Crippen molar-refractivity contribution in [1.29, 1.82) is 0 Å². The molecule has 90 valence electrons. The molecule has 0 amide bonds. The standard InChI is InChI=1S/C14H19N3/c1-10(2)14-11(3)16-9-17(14)12(4)13-6-5-7-15-8-13/h5-10,12H,1-4H3. The number of hydrogen-bond donors (Lipinski definition) is 0. The third-order valence-corrected chi connectivity index (χ3v) is 3.16. The first kappa shape index (κ1) is 11.8. The lowest BCUT2D eigenvalue weighted by Crippen LogP contribution is -2.11. The SMILES string of the molecule is Cc1ncn(C(C)c2cccnc2)c1C(C)C. The van der Waals surface area contributed by atoms with E-state index in [0.717, 1.165) is 5.69 Å². The Balaban J connectivity index is 2.41. The van der Waals surface area contributed by atoms with Crippen LogP contribution in [0, 0.1) is 6.92 Å². The van der Waals surface area contributed by atoms with E-state index in [4.69, 9.17) is 0 Å². The molecule has 0 saturated carbocycles. The number of rotatable bonds is 3. The molecule has 0 fully saturated rings. The Kier molecular flexibility index (Phi) is 3.27. The highest BCUT2D eigenvalue weighted by molar-refractivity contribution is 5.21. The normalized spacial score (nSPS) is 13.0. The van der Waals surface area contributed by atoms with Crippen molar-refractivity contribution < 1.29 is 0 Å². The van der Waals surface area contributed by atoms with Gasteiger partial charge in [0.2, 0.25) is 0 Å². The molecule has 2 rings (SSSR count). The minimum absolute atomic E-state index is 0.280. The molecule has 0 aromatic carbocycles. The van der Waals surface area contributed by atoms with Crippen molar-refractivity contribution in [3.8, 4) is 0 Å². The van der Waals surface area contributed by atoms with Crippen molar-refractivity contribution in [2.24, 2.45) is 0 Å². The predicted octanol–water partition coefficient (Wildman–Crippen LogP) is 3.32. The Morgan fingerprint density at radius 2 is 2.00 bits per heavy atom. The molecule has 0 aliphatic carbocycles. The van der Waals surface area contributed by atoms with Gasteiger partial charge in [-0.15, -0.1) is 0 Å². The Labute approximate surface area is 103 Å². The Morgan fingerprint density at radius 1 is 1.24 bits per heavy atom. The van der Waals surface area contributed by atoms with Crippen LogP contribution in [0.25, 0.3) is 0 Å². The third kappa shape index (κ3) is 2.23. The van der Waals surface area contributed by atoms with Gasteiger partial charge in [-0.1, -0.05) is 19.9 Å². The summed E-state index contributed by atoms with van der Waals surface area (Å²) in [5, 5.41) is 0. The topological polar surface area (TPSA) is 30.7 Å². The van der Waals surface area contributed by atoms with E-state index in [1.54, 1.807) is 6.20 Å². The Hall–Kier alpha value is -1.64. The molecule has 0 spiro atoms. The van der Waals surface area contributed by atoms with Crippen molar-refractivity contribution in [2.45, 2.75) is 39.7 Å². The lowest BCUT2D eigenvalue weighted by molar-refractivity contribution is 0.585. The Bertz CT molecular complexity index is 485. The number of imidazole rings is 1. The second-order valence-electron chi connectivity index (χ2n) is 4.74. The van der Waals surface area contributed by atoms with Gasteiger partial charge in [0.1, 0.15) is 0 Å². The van der Waals surface area contributed by atoms with Crippen LogP contribution in [0.4, 0.5) is 0 Å². The maximum absolute atomic E-state index is 4.43. The summed E-state index contributed by atoms with van der Waals surface area (Å²) >= 11 is 0. The van der Waals surface area contributed by atoms with Crippen LogP contribution < -0.4 is 0 Å². The Morgan fingerprint density at radius 3 is 2.59 bits per heavy atom. The molecule has 0 aliphatic rings. The van der Waals surface area contributed by atoms with Gasteiger partial charge >= 0.3 is 0 Å². The van der Waals surface area contributed by atoms with Gasteiger partial charge < -0.3 is 4.57 Å². The van der Waals surface area contributed by atoms with Gasteiger partial charge in [0.15, 0.2) is 0 Å². The second kappa shape index (κ2) is 4.70. The van der Waals surface area contributed by atoms with Gasteiger partial charge in [-0.25, -0.2) is 4.98 Å². The van der Waals surface area contributed by atoms with Crippen LogP contribution in [0.5, 0.6) is 0 Å². The fourth-order valence-corrected chi connectivity index (χ4v) is 2.27. The molecule has 17 heavy (non-hydrogen) atoms. The zero-order valence-electron chi connectivity index (χ0n) is 10.9. The van der Waals surface area contributed by atoms with Crippen LogP contribution in [-0.2, 0) is 0 Å². The van der Waals surface area contributed by atoms with Crippen LogP contribution in [0.2, 0.25) is 0 Å². The number of aromatic nitrogens is 3. The summed E-state index contributed by atoms with van der Waals surface area (Å²) in [5.41, 5.74) is 3.64. The van der Waals surface area contributed by atoms with Crippen LogP contribution in [-0.4, -0.2) is 14.5 Å². The van der Waals surface area contributed by atoms with Gasteiger partial charge in [-0.3, -0.25) is 4.98 Å². The van der Waals surface area contributed by atoms with Crippen molar-refractivity contribution in [1.82, 2.24) is 14.5 Å². The van der Waals surface area contributed by atoms with Gasteiger partial charge in [-0.2, -0.15) is 0 Å². The highest BCUT2D eigenvalue weighted by Crippen LogP contribution is 2.25. The van der Waals surface area contributed by atoms with E-state index >= 15 is 0 Å². The molecule has 3 nitrogen and oxygen atoms in total. The van der Waals surface area contributed by atoms with Gasteiger partial charge in [0, 0.05) is 18.1 Å². The zero-order chi connectivity index (χ0) is 12.4. The van der Waals surface area contributed by atoms with Crippen LogP contribution in [0.15, 0.2) is 30.9 Å². The summed E-state index contributed by atoms with van der Waals surface area (Å²) in [7, 11) is 0. The molecule has 0 aliphatic heterocycles. The maximum atomic E-state index is 4.43. The van der Waals surface area contributed by atoms with Gasteiger partial charge in [0.25, 0.3) is 0 Å². The minimum atomic E-state index is 0.280. The maximum Gasteiger partial charge on any atom is 0.0957 e. The first-order valence-electron chi connectivity index (χ1n) is 6.04. The number of hydrogen-bond acceptors (Lipinski definition) is 2. The van der Waals surface area contributed by atoms with Crippen LogP contribution in [0.3, 0.4) is 0 Å². The molecule has 1 atom stereocenters. The van der Waals surface area contributed by atoms with Crippen LogP contribution in [0.1, 0.15) is 49.7 Å². The third-order valence-electron chi connectivity index (χ3n) is 3.16. The fourth-order valence-electron chi connectivity index (χ4n) is 2.27. The molecule has 2 heterocycles. The average Bonchev–Trinajstić information content (AvgIpc) is 2.71. The monoisotopic (exact) mass is 229 g/mol. The summed E-state index contributed by atoms with van der Waals surface area (Å²) in [6, 6.07) is 4.36. The molecule has 0 saturated heterocycles. The summed E-state index contributed by atoms with van der Waals surface area (Å²) in [6.45, 7) is 8.67. The summed E-state index contributed by atoms with van der Waals surface area (Å²) < 4.78 is 2.25. The summed E-state index contributed by atoms with van der Waals surface area (Å²) in [6.07, 6.45) is 5.66. The van der Waals surface area contributed by atoms with Crippen molar-refractivity contribution >= 4 is 0 Å². The molecule has 0 N–H and O–H groups in total. The van der Waals surface area contributed by atoms with Crippen molar-refractivity contribution in [3.05, 3.63) is 47.8 Å². The summed E-state index contributed by atoms with van der Waals surface area (Å²) in [5.74, 6) is 0.483. The highest BCUT2D eigenvalue weighted by atomic mass is 15.1. The van der Waals surface area contributed by atoms with Crippen LogP contribution >= 0.6 is 0 Å².